The molecule has 1 rings (SSSR count). The lowest BCUT2D eigenvalue weighted by molar-refractivity contribution is 0.384. The average Bonchev–Trinajstić information content (AvgIpc) is 2.36. The zero-order valence-corrected chi connectivity index (χ0v) is 12.5. The fraction of sp³-hybridized carbons (Fsp3) is 0.647. The SMILES string of the molecule is CCCC(C)CC(CCc1ccc(C)cc1)NC. The van der Waals surface area contributed by atoms with Crippen LogP contribution < -0.4 is 5.32 Å². The predicted octanol–water partition coefficient (Wildman–Crippen LogP) is 4.34. The van der Waals surface area contributed by atoms with E-state index in [1.165, 1.54) is 43.2 Å². The van der Waals surface area contributed by atoms with Gasteiger partial charge in [0.25, 0.3) is 0 Å². The van der Waals surface area contributed by atoms with Crippen molar-refractivity contribution in [3.8, 4) is 0 Å². The quantitative estimate of drug-likeness (QED) is 0.720. The van der Waals surface area contributed by atoms with Gasteiger partial charge in [-0.25, -0.2) is 0 Å². The largest absolute Gasteiger partial charge is 0.317 e. The summed E-state index contributed by atoms with van der Waals surface area (Å²) in [6.45, 7) is 6.80. The lowest BCUT2D eigenvalue weighted by Crippen LogP contribution is -2.27. The van der Waals surface area contributed by atoms with E-state index >= 15 is 0 Å². The summed E-state index contributed by atoms with van der Waals surface area (Å²) in [5.41, 5.74) is 2.81. The number of benzene rings is 1. The fourth-order valence-electron chi connectivity index (χ4n) is 2.57. The van der Waals surface area contributed by atoms with E-state index in [1.807, 2.05) is 0 Å². The highest BCUT2D eigenvalue weighted by Crippen LogP contribution is 2.16. The molecule has 0 bridgehead atoms. The lowest BCUT2D eigenvalue weighted by atomic mass is 9.93. The van der Waals surface area contributed by atoms with Crippen molar-refractivity contribution >= 4 is 0 Å². The number of nitrogens with one attached hydrogen (secondary N) is 1. The van der Waals surface area contributed by atoms with E-state index in [2.05, 4.69) is 57.4 Å². The molecule has 0 amide bonds. The molecule has 102 valence electrons. The maximum atomic E-state index is 3.47. The zero-order chi connectivity index (χ0) is 13.4. The normalized spacial score (nSPS) is 14.4. The van der Waals surface area contributed by atoms with E-state index in [0.29, 0.717) is 6.04 Å². The molecule has 0 fully saturated rings. The molecule has 0 aromatic heterocycles. The standard InChI is InChI=1S/C17H29N/c1-5-6-15(3)13-17(18-4)12-11-16-9-7-14(2)8-10-16/h7-10,15,17-18H,5-6,11-13H2,1-4H3. The first-order valence-electron chi connectivity index (χ1n) is 7.38. The number of aryl methyl sites for hydroxylation is 2. The first-order valence-corrected chi connectivity index (χ1v) is 7.38. The van der Waals surface area contributed by atoms with E-state index < -0.39 is 0 Å². The van der Waals surface area contributed by atoms with Crippen molar-refractivity contribution in [2.75, 3.05) is 7.05 Å². The smallest absolute Gasteiger partial charge is 0.00697 e. The summed E-state index contributed by atoms with van der Waals surface area (Å²) in [5.74, 6) is 0.838. The Hall–Kier alpha value is -0.820. The molecule has 0 heterocycles. The van der Waals surface area contributed by atoms with E-state index in [9.17, 15) is 0 Å². The molecule has 1 aromatic carbocycles. The molecule has 0 aliphatic heterocycles. The van der Waals surface area contributed by atoms with Gasteiger partial charge in [0.2, 0.25) is 0 Å². The van der Waals surface area contributed by atoms with Crippen LogP contribution in [0, 0.1) is 12.8 Å². The van der Waals surface area contributed by atoms with Crippen LogP contribution in [0.15, 0.2) is 24.3 Å². The minimum atomic E-state index is 0.660. The molecular formula is C17H29N. The Morgan fingerprint density at radius 3 is 2.33 bits per heavy atom. The molecule has 1 nitrogen and oxygen atoms in total. The molecular weight excluding hydrogens is 218 g/mol. The third-order valence-electron chi connectivity index (χ3n) is 3.78. The summed E-state index contributed by atoms with van der Waals surface area (Å²) in [5, 5.41) is 3.47. The van der Waals surface area contributed by atoms with Crippen molar-refractivity contribution < 1.29 is 0 Å². The molecule has 2 unspecified atom stereocenters. The van der Waals surface area contributed by atoms with Crippen molar-refractivity contribution in [2.45, 2.75) is 58.9 Å². The molecule has 0 saturated carbocycles. The second-order valence-corrected chi connectivity index (χ2v) is 5.64. The Bertz CT molecular complexity index is 315. The molecule has 0 radical (unpaired) electrons. The van der Waals surface area contributed by atoms with Crippen LogP contribution in [-0.2, 0) is 6.42 Å². The molecule has 0 aliphatic carbocycles. The third-order valence-corrected chi connectivity index (χ3v) is 3.78. The van der Waals surface area contributed by atoms with Crippen molar-refractivity contribution in [3.63, 3.8) is 0 Å². The molecule has 0 saturated heterocycles. The minimum absolute atomic E-state index is 0.660. The van der Waals surface area contributed by atoms with Gasteiger partial charge in [-0.2, -0.15) is 0 Å². The van der Waals surface area contributed by atoms with Crippen LogP contribution in [0.1, 0.15) is 50.7 Å². The number of hydrogen-bond donors (Lipinski definition) is 1. The molecule has 18 heavy (non-hydrogen) atoms. The second-order valence-electron chi connectivity index (χ2n) is 5.64. The highest BCUT2D eigenvalue weighted by Gasteiger charge is 2.10. The lowest BCUT2D eigenvalue weighted by Gasteiger charge is -2.20. The van der Waals surface area contributed by atoms with Gasteiger partial charge in [0.15, 0.2) is 0 Å². The summed E-state index contributed by atoms with van der Waals surface area (Å²) >= 11 is 0. The first-order chi connectivity index (χ1) is 8.65. The van der Waals surface area contributed by atoms with Crippen LogP contribution in [0.5, 0.6) is 0 Å². The topological polar surface area (TPSA) is 12.0 Å². The predicted molar refractivity (Wildman–Crippen MR) is 81.0 cm³/mol. The van der Waals surface area contributed by atoms with Gasteiger partial charge in [-0.1, -0.05) is 56.5 Å². The van der Waals surface area contributed by atoms with Gasteiger partial charge in [0.1, 0.15) is 0 Å². The fourth-order valence-corrected chi connectivity index (χ4v) is 2.57. The third kappa shape index (κ3) is 5.68. The minimum Gasteiger partial charge on any atom is -0.317 e. The summed E-state index contributed by atoms with van der Waals surface area (Å²) in [4.78, 5) is 0. The molecule has 1 N–H and O–H groups in total. The molecule has 2 atom stereocenters. The monoisotopic (exact) mass is 247 g/mol. The van der Waals surface area contributed by atoms with Crippen LogP contribution in [-0.4, -0.2) is 13.1 Å². The Kier molecular flexibility index (Phi) is 7.04. The Labute approximate surface area is 113 Å². The van der Waals surface area contributed by atoms with Crippen LogP contribution >= 0.6 is 0 Å². The average molecular weight is 247 g/mol. The van der Waals surface area contributed by atoms with Crippen LogP contribution in [0.3, 0.4) is 0 Å². The van der Waals surface area contributed by atoms with Crippen molar-refractivity contribution in [3.05, 3.63) is 35.4 Å². The van der Waals surface area contributed by atoms with Crippen molar-refractivity contribution in [2.24, 2.45) is 5.92 Å². The number of rotatable bonds is 8. The maximum Gasteiger partial charge on any atom is 0.00697 e. The van der Waals surface area contributed by atoms with Gasteiger partial charge in [0.05, 0.1) is 0 Å². The van der Waals surface area contributed by atoms with Gasteiger partial charge in [-0.15, -0.1) is 0 Å². The second kappa shape index (κ2) is 8.31. The zero-order valence-electron chi connectivity index (χ0n) is 12.5. The van der Waals surface area contributed by atoms with E-state index in [1.54, 1.807) is 0 Å². The Morgan fingerprint density at radius 2 is 1.78 bits per heavy atom. The number of hydrogen-bond acceptors (Lipinski definition) is 1. The summed E-state index contributed by atoms with van der Waals surface area (Å²) in [6, 6.07) is 9.61. The summed E-state index contributed by atoms with van der Waals surface area (Å²) < 4.78 is 0. The molecule has 0 aliphatic rings. The van der Waals surface area contributed by atoms with Crippen LogP contribution in [0.2, 0.25) is 0 Å². The van der Waals surface area contributed by atoms with Gasteiger partial charge >= 0.3 is 0 Å². The maximum absolute atomic E-state index is 3.47. The van der Waals surface area contributed by atoms with Crippen molar-refractivity contribution in [1.29, 1.82) is 0 Å². The summed E-state index contributed by atoms with van der Waals surface area (Å²) in [7, 11) is 2.10. The van der Waals surface area contributed by atoms with Gasteiger partial charge in [-0.3, -0.25) is 0 Å². The van der Waals surface area contributed by atoms with E-state index in [4.69, 9.17) is 0 Å². The highest BCUT2D eigenvalue weighted by atomic mass is 14.9. The van der Waals surface area contributed by atoms with Gasteiger partial charge in [0, 0.05) is 6.04 Å². The van der Waals surface area contributed by atoms with Crippen molar-refractivity contribution in [1.82, 2.24) is 5.32 Å². The van der Waals surface area contributed by atoms with Gasteiger partial charge < -0.3 is 5.32 Å². The van der Waals surface area contributed by atoms with Crippen LogP contribution in [0.25, 0.3) is 0 Å². The van der Waals surface area contributed by atoms with E-state index in [0.717, 1.165) is 5.92 Å². The molecule has 1 aromatic rings. The van der Waals surface area contributed by atoms with E-state index in [-0.39, 0.29) is 0 Å². The van der Waals surface area contributed by atoms with Crippen LogP contribution in [0.4, 0.5) is 0 Å². The molecule has 1 heteroatoms. The molecule has 0 spiro atoms. The van der Waals surface area contributed by atoms with Gasteiger partial charge in [-0.05, 0) is 44.7 Å². The summed E-state index contributed by atoms with van der Waals surface area (Å²) in [6.07, 6.45) is 6.38. The highest BCUT2D eigenvalue weighted by molar-refractivity contribution is 5.21. The Balaban J connectivity index is 2.37. The first kappa shape index (κ1) is 15.2. The Morgan fingerprint density at radius 1 is 1.11 bits per heavy atom.